The third-order valence-corrected chi connectivity index (χ3v) is 6.33. The lowest BCUT2D eigenvalue weighted by Gasteiger charge is -2.35. The van der Waals surface area contributed by atoms with E-state index in [-0.39, 0.29) is 31.8 Å². The van der Waals surface area contributed by atoms with E-state index in [1.165, 1.54) is 13.8 Å². The van der Waals surface area contributed by atoms with Crippen molar-refractivity contribution in [2.75, 3.05) is 6.54 Å². The van der Waals surface area contributed by atoms with Crippen LogP contribution >= 0.6 is 0 Å². The SMILES string of the molecule is CC(=O)O[C@H](C(=O)N(C(=O)C(C)C)C(O)[C@H]1NCCC1=O)[C@H](Cc1ccccc1)NC(=O)OCc1ccccc1. The number of ketones is 1. The lowest BCUT2D eigenvalue weighted by atomic mass is 9.99. The normalized spacial score (nSPS) is 17.0. The highest BCUT2D eigenvalue weighted by atomic mass is 16.6. The minimum absolute atomic E-state index is 0.0192. The van der Waals surface area contributed by atoms with Crippen LogP contribution in [0.15, 0.2) is 60.7 Å². The number of aliphatic hydroxyl groups excluding tert-OH is 1. The molecule has 1 saturated heterocycles. The number of imide groups is 1. The predicted molar refractivity (Wildman–Crippen MR) is 143 cm³/mol. The summed E-state index contributed by atoms with van der Waals surface area (Å²) in [5.41, 5.74) is 1.42. The summed E-state index contributed by atoms with van der Waals surface area (Å²) >= 11 is 0. The quantitative estimate of drug-likeness (QED) is 0.279. The maximum Gasteiger partial charge on any atom is 0.407 e. The number of hydrogen-bond donors (Lipinski definition) is 3. The molecular formula is C29H35N3O8. The molecule has 4 atom stereocenters. The minimum atomic E-state index is -1.85. The number of carbonyl (C=O) groups is 5. The Balaban J connectivity index is 1.94. The van der Waals surface area contributed by atoms with E-state index < -0.39 is 54.2 Å². The number of rotatable bonds is 11. The van der Waals surface area contributed by atoms with Crippen molar-refractivity contribution >= 4 is 29.7 Å². The average Bonchev–Trinajstić information content (AvgIpc) is 3.37. The van der Waals surface area contributed by atoms with E-state index >= 15 is 0 Å². The number of nitrogens with zero attached hydrogens (tertiary/aromatic N) is 1. The molecular weight excluding hydrogens is 518 g/mol. The Morgan fingerprint density at radius 2 is 1.60 bits per heavy atom. The highest BCUT2D eigenvalue weighted by molar-refractivity contribution is 6.00. The summed E-state index contributed by atoms with van der Waals surface area (Å²) in [5, 5.41) is 16.5. The lowest BCUT2D eigenvalue weighted by molar-refractivity contribution is -0.174. The van der Waals surface area contributed by atoms with E-state index in [1.807, 2.05) is 6.07 Å². The molecule has 1 fully saturated rings. The maximum absolute atomic E-state index is 14.0. The molecule has 3 N–H and O–H groups in total. The molecule has 214 valence electrons. The second kappa shape index (κ2) is 14.3. The lowest BCUT2D eigenvalue weighted by Crippen LogP contribution is -2.62. The fraction of sp³-hybridized carbons (Fsp3) is 0.414. The van der Waals surface area contributed by atoms with Gasteiger partial charge in [0.2, 0.25) is 12.0 Å². The van der Waals surface area contributed by atoms with Crippen LogP contribution in [0.25, 0.3) is 0 Å². The number of aliphatic hydroxyl groups is 1. The van der Waals surface area contributed by atoms with Gasteiger partial charge < -0.3 is 25.2 Å². The Kier molecular flexibility index (Phi) is 10.9. The molecule has 1 unspecified atom stereocenters. The predicted octanol–water partition coefficient (Wildman–Crippen LogP) is 1.72. The molecule has 3 rings (SSSR count). The molecule has 11 nitrogen and oxygen atoms in total. The highest BCUT2D eigenvalue weighted by Crippen LogP contribution is 2.19. The molecule has 2 aromatic rings. The fourth-order valence-corrected chi connectivity index (χ4v) is 4.33. The van der Waals surface area contributed by atoms with Gasteiger partial charge in [0.1, 0.15) is 12.6 Å². The Morgan fingerprint density at radius 1 is 1.00 bits per heavy atom. The largest absolute Gasteiger partial charge is 0.450 e. The van der Waals surface area contributed by atoms with Crippen molar-refractivity contribution in [3.8, 4) is 0 Å². The van der Waals surface area contributed by atoms with Gasteiger partial charge in [-0.1, -0.05) is 74.5 Å². The number of alkyl carbamates (subject to hydrolysis) is 1. The molecule has 3 amide bonds. The summed E-state index contributed by atoms with van der Waals surface area (Å²) in [5.74, 6) is -3.82. The Morgan fingerprint density at radius 3 is 2.12 bits per heavy atom. The van der Waals surface area contributed by atoms with E-state index in [1.54, 1.807) is 54.6 Å². The monoisotopic (exact) mass is 553 g/mol. The number of hydrogen-bond acceptors (Lipinski definition) is 9. The molecule has 0 saturated carbocycles. The number of Topliss-reactive ketones (excluding diaryl/α,β-unsaturated/α-hetero) is 1. The van der Waals surface area contributed by atoms with Gasteiger partial charge in [0.05, 0.1) is 6.04 Å². The van der Waals surface area contributed by atoms with Crippen molar-refractivity contribution in [3.63, 3.8) is 0 Å². The second-order valence-corrected chi connectivity index (χ2v) is 9.80. The molecule has 1 aliphatic rings. The van der Waals surface area contributed by atoms with Crippen LogP contribution in [0.4, 0.5) is 4.79 Å². The zero-order chi connectivity index (χ0) is 29.2. The van der Waals surface area contributed by atoms with Crippen LogP contribution in [0, 0.1) is 5.92 Å². The van der Waals surface area contributed by atoms with Crippen LogP contribution in [0.3, 0.4) is 0 Å². The number of amides is 3. The highest BCUT2D eigenvalue weighted by Gasteiger charge is 2.45. The Labute approximate surface area is 232 Å². The molecule has 2 aromatic carbocycles. The molecule has 0 aliphatic carbocycles. The molecule has 40 heavy (non-hydrogen) atoms. The van der Waals surface area contributed by atoms with E-state index in [0.717, 1.165) is 12.5 Å². The fourth-order valence-electron chi connectivity index (χ4n) is 4.33. The summed E-state index contributed by atoms with van der Waals surface area (Å²) in [4.78, 5) is 65.1. The summed E-state index contributed by atoms with van der Waals surface area (Å²) in [7, 11) is 0. The Bertz CT molecular complexity index is 1190. The van der Waals surface area contributed by atoms with Crippen molar-refractivity contribution < 1.29 is 38.6 Å². The molecule has 0 bridgehead atoms. The van der Waals surface area contributed by atoms with E-state index in [9.17, 15) is 29.1 Å². The first-order valence-corrected chi connectivity index (χ1v) is 13.1. The van der Waals surface area contributed by atoms with Gasteiger partial charge in [0, 0.05) is 25.8 Å². The molecule has 0 radical (unpaired) electrons. The number of ether oxygens (including phenoxy) is 2. The molecule has 1 heterocycles. The summed E-state index contributed by atoms with van der Waals surface area (Å²) in [6.07, 6.45) is -4.32. The molecule has 1 aliphatic heterocycles. The van der Waals surface area contributed by atoms with E-state index in [0.29, 0.717) is 10.5 Å². The summed E-state index contributed by atoms with van der Waals surface area (Å²) < 4.78 is 10.7. The summed E-state index contributed by atoms with van der Waals surface area (Å²) in [6.45, 7) is 4.36. The first-order valence-electron chi connectivity index (χ1n) is 13.1. The smallest absolute Gasteiger partial charge is 0.407 e. The minimum Gasteiger partial charge on any atom is -0.450 e. The molecule has 0 spiro atoms. The third kappa shape index (κ3) is 8.20. The van der Waals surface area contributed by atoms with Gasteiger partial charge in [-0.25, -0.2) is 4.79 Å². The third-order valence-electron chi connectivity index (χ3n) is 6.33. The zero-order valence-corrected chi connectivity index (χ0v) is 22.7. The van der Waals surface area contributed by atoms with E-state index in [2.05, 4.69) is 10.6 Å². The van der Waals surface area contributed by atoms with Gasteiger partial charge in [-0.3, -0.25) is 24.1 Å². The van der Waals surface area contributed by atoms with Gasteiger partial charge in [-0.05, 0) is 17.5 Å². The Hall–Kier alpha value is -4.09. The first-order chi connectivity index (χ1) is 19.1. The van der Waals surface area contributed by atoms with Crippen molar-refractivity contribution in [2.45, 2.75) is 64.6 Å². The number of carbonyl (C=O) groups excluding carboxylic acids is 5. The van der Waals surface area contributed by atoms with E-state index in [4.69, 9.17) is 9.47 Å². The zero-order valence-electron chi connectivity index (χ0n) is 22.7. The molecule has 0 aromatic heterocycles. The number of benzene rings is 2. The van der Waals surface area contributed by atoms with Crippen LogP contribution in [0.1, 0.15) is 38.3 Å². The van der Waals surface area contributed by atoms with Gasteiger partial charge in [-0.2, -0.15) is 0 Å². The molecule has 11 heteroatoms. The van der Waals surface area contributed by atoms with Gasteiger partial charge in [0.15, 0.2) is 12.0 Å². The standard InChI is InChI=1S/C29H35N3O8/c1-18(2)26(35)32(27(36)24-23(34)14-15-30-24)28(37)25(40-19(3)33)22(16-20-10-6-4-7-11-20)31-29(38)39-17-21-12-8-5-9-13-21/h4-13,18,22,24-25,27,30,36H,14-17H2,1-3H3,(H,31,38)/t22-,24-,25-,27?/m0/s1. The topological polar surface area (TPSA) is 151 Å². The van der Waals surface area contributed by atoms with Crippen molar-refractivity contribution in [2.24, 2.45) is 5.92 Å². The number of nitrogens with one attached hydrogen (secondary N) is 2. The van der Waals surface area contributed by atoms with Crippen LogP contribution in [0.2, 0.25) is 0 Å². The maximum atomic E-state index is 14.0. The van der Waals surface area contributed by atoms with Crippen molar-refractivity contribution in [1.82, 2.24) is 15.5 Å². The van der Waals surface area contributed by atoms with Crippen molar-refractivity contribution in [1.29, 1.82) is 0 Å². The van der Waals surface area contributed by atoms with Gasteiger partial charge in [-0.15, -0.1) is 0 Å². The first kappa shape index (κ1) is 30.5. The van der Waals surface area contributed by atoms with Crippen LogP contribution in [0.5, 0.6) is 0 Å². The van der Waals surface area contributed by atoms with Crippen LogP contribution in [-0.4, -0.2) is 70.6 Å². The summed E-state index contributed by atoms with van der Waals surface area (Å²) in [6, 6.07) is 15.4. The van der Waals surface area contributed by atoms with Gasteiger partial charge in [0.25, 0.3) is 5.91 Å². The van der Waals surface area contributed by atoms with Crippen LogP contribution in [-0.2, 0) is 41.7 Å². The average molecular weight is 554 g/mol. The van der Waals surface area contributed by atoms with Gasteiger partial charge >= 0.3 is 12.1 Å². The second-order valence-electron chi connectivity index (χ2n) is 9.80. The van der Waals surface area contributed by atoms with Crippen molar-refractivity contribution in [3.05, 3.63) is 71.8 Å². The van der Waals surface area contributed by atoms with Crippen LogP contribution < -0.4 is 10.6 Å². The number of esters is 1.